The van der Waals surface area contributed by atoms with Gasteiger partial charge in [0.25, 0.3) is 0 Å². The fourth-order valence-electron chi connectivity index (χ4n) is 3.55. The molecule has 0 aliphatic carbocycles. The minimum Gasteiger partial charge on any atom is -0.487 e. The number of rotatable bonds is 4. The maximum Gasteiger partial charge on any atom is 0.410 e. The van der Waals surface area contributed by atoms with E-state index in [9.17, 15) is 9.59 Å². The molecule has 2 aliphatic heterocycles. The lowest BCUT2D eigenvalue weighted by Crippen LogP contribution is -2.52. The van der Waals surface area contributed by atoms with E-state index in [-0.39, 0.29) is 11.9 Å². The number of carbonyl (C=O) groups excluding carboxylic acids is 2. The van der Waals surface area contributed by atoms with Gasteiger partial charge in [0.05, 0.1) is 7.11 Å². The largest absolute Gasteiger partial charge is 0.487 e. The maximum atomic E-state index is 12.3. The first-order valence-corrected chi connectivity index (χ1v) is 8.98. The van der Waals surface area contributed by atoms with Crippen LogP contribution in [-0.2, 0) is 14.3 Å². The SMILES string of the molecule is COC(=C=O)/C=C/CN1CCC2CCN(C(=O)OC(C)(C)C)CC2C1. The van der Waals surface area contributed by atoms with E-state index in [4.69, 9.17) is 9.47 Å². The van der Waals surface area contributed by atoms with Crippen LogP contribution in [0.15, 0.2) is 17.9 Å². The van der Waals surface area contributed by atoms with Crippen molar-refractivity contribution in [1.82, 2.24) is 9.80 Å². The molecule has 2 saturated heterocycles. The maximum absolute atomic E-state index is 12.3. The molecule has 0 aromatic rings. The van der Waals surface area contributed by atoms with Crippen LogP contribution in [0.1, 0.15) is 33.6 Å². The van der Waals surface area contributed by atoms with Gasteiger partial charge < -0.3 is 14.4 Å². The number of hydrogen-bond donors (Lipinski definition) is 0. The molecule has 140 valence electrons. The van der Waals surface area contributed by atoms with Gasteiger partial charge in [-0.05, 0) is 58.1 Å². The third-order valence-corrected chi connectivity index (χ3v) is 4.81. The average molecular weight is 350 g/mol. The highest BCUT2D eigenvalue weighted by molar-refractivity contribution is 5.68. The number of nitrogens with zero attached hydrogens (tertiary/aromatic N) is 2. The summed E-state index contributed by atoms with van der Waals surface area (Å²) in [6.45, 7) is 10.0. The van der Waals surface area contributed by atoms with E-state index in [2.05, 4.69) is 4.90 Å². The number of amides is 1. The highest BCUT2D eigenvalue weighted by Gasteiger charge is 2.36. The van der Waals surface area contributed by atoms with Crippen molar-refractivity contribution in [3.8, 4) is 0 Å². The van der Waals surface area contributed by atoms with Crippen LogP contribution in [-0.4, -0.2) is 67.3 Å². The predicted octanol–water partition coefficient (Wildman–Crippen LogP) is 2.48. The summed E-state index contributed by atoms with van der Waals surface area (Å²) in [5.74, 6) is 3.13. The van der Waals surface area contributed by atoms with E-state index in [1.165, 1.54) is 7.11 Å². The lowest BCUT2D eigenvalue weighted by atomic mass is 9.80. The molecular weight excluding hydrogens is 320 g/mol. The van der Waals surface area contributed by atoms with E-state index >= 15 is 0 Å². The first-order chi connectivity index (χ1) is 11.8. The molecule has 0 aromatic heterocycles. The smallest absolute Gasteiger partial charge is 0.410 e. The third kappa shape index (κ3) is 5.91. The van der Waals surface area contributed by atoms with Gasteiger partial charge in [0.1, 0.15) is 5.60 Å². The molecule has 2 heterocycles. The number of hydrogen-bond acceptors (Lipinski definition) is 5. The first kappa shape index (κ1) is 19.5. The van der Waals surface area contributed by atoms with E-state index < -0.39 is 5.60 Å². The van der Waals surface area contributed by atoms with Crippen LogP contribution in [0.4, 0.5) is 4.79 Å². The summed E-state index contributed by atoms with van der Waals surface area (Å²) in [5, 5.41) is 0. The highest BCUT2D eigenvalue weighted by atomic mass is 16.6. The minimum absolute atomic E-state index is 0.205. The van der Waals surface area contributed by atoms with Gasteiger partial charge in [0.2, 0.25) is 5.76 Å². The Kier molecular flexibility index (Phi) is 6.68. The normalized spacial score (nSPS) is 24.6. The first-order valence-electron chi connectivity index (χ1n) is 8.98. The molecule has 0 N–H and O–H groups in total. The van der Waals surface area contributed by atoms with Gasteiger partial charge in [-0.2, -0.15) is 0 Å². The van der Waals surface area contributed by atoms with Gasteiger partial charge in [-0.3, -0.25) is 4.90 Å². The number of likely N-dealkylation sites (tertiary alicyclic amines) is 2. The van der Waals surface area contributed by atoms with Crippen molar-refractivity contribution in [2.24, 2.45) is 11.8 Å². The zero-order valence-corrected chi connectivity index (χ0v) is 15.8. The van der Waals surface area contributed by atoms with Crippen molar-refractivity contribution in [3.63, 3.8) is 0 Å². The van der Waals surface area contributed by atoms with Crippen LogP contribution in [0, 0.1) is 11.8 Å². The molecule has 6 heteroatoms. The topological polar surface area (TPSA) is 59.1 Å². The second kappa shape index (κ2) is 8.54. The molecule has 2 atom stereocenters. The summed E-state index contributed by atoms with van der Waals surface area (Å²) in [6, 6.07) is 0. The van der Waals surface area contributed by atoms with Crippen LogP contribution < -0.4 is 0 Å². The molecule has 6 nitrogen and oxygen atoms in total. The van der Waals surface area contributed by atoms with Gasteiger partial charge in [0.15, 0.2) is 5.94 Å². The molecule has 2 fully saturated rings. The number of fused-ring (bicyclic) bond motifs is 1. The fourth-order valence-corrected chi connectivity index (χ4v) is 3.55. The summed E-state index contributed by atoms with van der Waals surface area (Å²) in [5.41, 5.74) is -0.456. The molecular formula is C19H30N2O4. The van der Waals surface area contributed by atoms with E-state index in [0.29, 0.717) is 11.8 Å². The van der Waals surface area contributed by atoms with Crippen molar-refractivity contribution in [3.05, 3.63) is 17.9 Å². The van der Waals surface area contributed by atoms with Gasteiger partial charge in [0, 0.05) is 26.2 Å². The second-order valence-corrected chi connectivity index (χ2v) is 7.86. The molecule has 0 spiro atoms. The standard InChI is InChI=1S/C19H30N2O4/c1-19(2,3)25-18(23)21-11-8-15-7-10-20(12-16(15)13-21)9-5-6-17(14-22)24-4/h5-6,15-16H,7-13H2,1-4H3/b6-5+. The molecule has 2 unspecified atom stereocenters. The Balaban J connectivity index is 1.87. The fraction of sp³-hybridized carbons (Fsp3) is 0.737. The number of allylic oxidation sites excluding steroid dienone is 1. The zero-order chi connectivity index (χ0) is 18.4. The van der Waals surface area contributed by atoms with Gasteiger partial charge >= 0.3 is 6.09 Å². The van der Waals surface area contributed by atoms with Crippen LogP contribution in [0.2, 0.25) is 0 Å². The lowest BCUT2D eigenvalue weighted by Gasteiger charge is -2.44. The average Bonchev–Trinajstić information content (AvgIpc) is 2.56. The van der Waals surface area contributed by atoms with E-state index in [0.717, 1.165) is 45.6 Å². The summed E-state index contributed by atoms with van der Waals surface area (Å²) in [6.07, 6.45) is 5.59. The Morgan fingerprint density at radius 3 is 2.56 bits per heavy atom. The number of methoxy groups -OCH3 is 1. The zero-order valence-electron chi connectivity index (χ0n) is 15.8. The Morgan fingerprint density at radius 1 is 1.20 bits per heavy atom. The van der Waals surface area contributed by atoms with E-state index in [1.54, 1.807) is 12.0 Å². The van der Waals surface area contributed by atoms with Crippen LogP contribution in [0.25, 0.3) is 0 Å². The summed E-state index contributed by atoms with van der Waals surface area (Å²) in [4.78, 5) is 27.1. The van der Waals surface area contributed by atoms with Crippen molar-refractivity contribution in [2.75, 3.05) is 39.8 Å². The number of ether oxygens (including phenoxy) is 2. The van der Waals surface area contributed by atoms with Crippen molar-refractivity contribution < 1.29 is 19.1 Å². The summed E-state index contributed by atoms with van der Waals surface area (Å²) >= 11 is 0. The minimum atomic E-state index is -0.456. The Labute approximate surface area is 150 Å². The van der Waals surface area contributed by atoms with E-state index in [1.807, 2.05) is 31.7 Å². The van der Waals surface area contributed by atoms with Crippen LogP contribution >= 0.6 is 0 Å². The van der Waals surface area contributed by atoms with Crippen LogP contribution in [0.5, 0.6) is 0 Å². The van der Waals surface area contributed by atoms with Crippen molar-refractivity contribution in [1.29, 1.82) is 0 Å². The van der Waals surface area contributed by atoms with Crippen molar-refractivity contribution in [2.45, 2.75) is 39.2 Å². The number of piperidine rings is 2. The second-order valence-electron chi connectivity index (χ2n) is 7.86. The highest BCUT2D eigenvalue weighted by Crippen LogP contribution is 2.31. The monoisotopic (exact) mass is 350 g/mol. The Hall–Kier alpha value is -1.78. The number of carbonyl (C=O) groups is 1. The molecule has 0 aromatic carbocycles. The van der Waals surface area contributed by atoms with Gasteiger partial charge in [-0.25, -0.2) is 9.59 Å². The third-order valence-electron chi connectivity index (χ3n) is 4.81. The molecule has 2 rings (SSSR count). The van der Waals surface area contributed by atoms with Gasteiger partial charge in [-0.1, -0.05) is 6.08 Å². The lowest BCUT2D eigenvalue weighted by molar-refractivity contribution is -0.00191. The molecule has 0 radical (unpaired) electrons. The quantitative estimate of drug-likeness (QED) is 0.443. The van der Waals surface area contributed by atoms with Gasteiger partial charge in [-0.15, -0.1) is 0 Å². The molecule has 25 heavy (non-hydrogen) atoms. The molecule has 0 saturated carbocycles. The molecule has 0 bridgehead atoms. The molecule has 2 aliphatic rings. The summed E-state index contributed by atoms with van der Waals surface area (Å²) in [7, 11) is 1.46. The molecule has 1 amide bonds. The Bertz CT molecular complexity index is 546. The predicted molar refractivity (Wildman–Crippen MR) is 95.8 cm³/mol. The van der Waals surface area contributed by atoms with Crippen LogP contribution in [0.3, 0.4) is 0 Å². The van der Waals surface area contributed by atoms with Crippen molar-refractivity contribution >= 4 is 12.0 Å². The summed E-state index contributed by atoms with van der Waals surface area (Å²) < 4.78 is 10.4. The Morgan fingerprint density at radius 2 is 1.92 bits per heavy atom.